The number of benzene rings is 1. The second-order valence-corrected chi connectivity index (χ2v) is 8.43. The van der Waals surface area contributed by atoms with E-state index in [1.807, 2.05) is 5.38 Å². The van der Waals surface area contributed by atoms with Crippen molar-refractivity contribution in [3.05, 3.63) is 66.1 Å². The highest BCUT2D eigenvalue weighted by atomic mass is 32.2. The third kappa shape index (κ3) is 4.36. The summed E-state index contributed by atoms with van der Waals surface area (Å²) in [5.74, 6) is 0.407. The maximum Gasteiger partial charge on any atom is 0.264 e. The summed E-state index contributed by atoms with van der Waals surface area (Å²) in [6.07, 6.45) is 6.28. The first-order valence-corrected chi connectivity index (χ1v) is 10.8. The van der Waals surface area contributed by atoms with Crippen molar-refractivity contribution in [1.29, 1.82) is 0 Å². The number of aryl methyl sites for hydroxylation is 1. The van der Waals surface area contributed by atoms with E-state index in [2.05, 4.69) is 35.0 Å². The molecule has 0 saturated carbocycles. The fraction of sp³-hybridized carbons (Fsp3) is 0.0556. The van der Waals surface area contributed by atoms with E-state index < -0.39 is 10.0 Å². The molecule has 11 heteroatoms. The molecule has 0 amide bonds. The van der Waals surface area contributed by atoms with Gasteiger partial charge in [0.1, 0.15) is 10.7 Å². The van der Waals surface area contributed by atoms with Crippen molar-refractivity contribution in [3.63, 3.8) is 0 Å². The Bertz CT molecular complexity index is 1230. The Balaban J connectivity index is 1.56. The van der Waals surface area contributed by atoms with Gasteiger partial charge in [-0.15, -0.1) is 11.3 Å². The number of aromatic nitrogens is 5. The van der Waals surface area contributed by atoms with Gasteiger partial charge in [0.05, 0.1) is 4.90 Å². The lowest BCUT2D eigenvalue weighted by molar-refractivity contribution is 0.600. The standard InChI is InChI=1S/C18H15N7O2S2/c1-12-11-13(23-18-22-8-5-14(24-18)16-19-9-10-28-16)3-4-15(12)29(26,27)25-17-20-6-2-7-21-17/h2-11H,1H3,(H,20,21,25)(H,22,23,24). The van der Waals surface area contributed by atoms with Gasteiger partial charge in [0.25, 0.3) is 10.0 Å². The molecule has 0 aliphatic heterocycles. The molecule has 0 atom stereocenters. The smallest absolute Gasteiger partial charge is 0.264 e. The summed E-state index contributed by atoms with van der Waals surface area (Å²) >= 11 is 1.49. The van der Waals surface area contributed by atoms with E-state index in [-0.39, 0.29) is 10.8 Å². The van der Waals surface area contributed by atoms with Crippen molar-refractivity contribution in [2.45, 2.75) is 11.8 Å². The van der Waals surface area contributed by atoms with Crippen LogP contribution in [0.5, 0.6) is 0 Å². The topological polar surface area (TPSA) is 123 Å². The number of hydrogen-bond acceptors (Lipinski definition) is 9. The van der Waals surface area contributed by atoms with Crippen LogP contribution in [0.4, 0.5) is 17.6 Å². The van der Waals surface area contributed by atoms with Crippen LogP contribution < -0.4 is 10.0 Å². The molecule has 3 heterocycles. The average molecular weight is 425 g/mol. The van der Waals surface area contributed by atoms with E-state index in [0.717, 1.165) is 5.01 Å². The van der Waals surface area contributed by atoms with Gasteiger partial charge < -0.3 is 5.32 Å². The molecule has 3 aromatic heterocycles. The zero-order chi connectivity index (χ0) is 20.3. The van der Waals surface area contributed by atoms with Crippen molar-refractivity contribution < 1.29 is 8.42 Å². The lowest BCUT2D eigenvalue weighted by Crippen LogP contribution is -2.16. The summed E-state index contributed by atoms with van der Waals surface area (Å²) in [4.78, 5) is 20.8. The van der Waals surface area contributed by atoms with Crippen LogP contribution >= 0.6 is 11.3 Å². The molecule has 0 spiro atoms. The summed E-state index contributed by atoms with van der Waals surface area (Å²) in [6.45, 7) is 1.71. The Kier molecular flexibility index (Phi) is 5.14. The summed E-state index contributed by atoms with van der Waals surface area (Å²) in [7, 11) is -3.81. The summed E-state index contributed by atoms with van der Waals surface area (Å²) in [5.41, 5.74) is 1.92. The third-order valence-electron chi connectivity index (χ3n) is 3.82. The SMILES string of the molecule is Cc1cc(Nc2nccc(-c3nccs3)n2)ccc1S(=O)(=O)Nc1ncccn1. The zero-order valence-corrected chi connectivity index (χ0v) is 16.8. The molecule has 4 rings (SSSR count). The highest BCUT2D eigenvalue weighted by Crippen LogP contribution is 2.24. The normalized spacial score (nSPS) is 11.2. The van der Waals surface area contributed by atoms with E-state index in [4.69, 9.17) is 0 Å². The summed E-state index contributed by atoms with van der Waals surface area (Å²) in [5, 5.41) is 5.76. The van der Waals surface area contributed by atoms with E-state index in [1.54, 1.807) is 43.6 Å². The fourth-order valence-electron chi connectivity index (χ4n) is 2.57. The first-order chi connectivity index (χ1) is 14.0. The van der Waals surface area contributed by atoms with Crippen LogP contribution in [0.1, 0.15) is 5.56 Å². The van der Waals surface area contributed by atoms with E-state index in [1.165, 1.54) is 29.8 Å². The van der Waals surface area contributed by atoms with E-state index in [9.17, 15) is 8.42 Å². The molecule has 146 valence electrons. The molecule has 0 unspecified atom stereocenters. The quantitative estimate of drug-likeness (QED) is 0.483. The van der Waals surface area contributed by atoms with Gasteiger partial charge in [-0.1, -0.05) is 0 Å². The minimum Gasteiger partial charge on any atom is -0.324 e. The predicted molar refractivity (Wildman–Crippen MR) is 110 cm³/mol. The van der Waals surface area contributed by atoms with Gasteiger partial charge in [-0.05, 0) is 42.8 Å². The third-order valence-corrected chi connectivity index (χ3v) is 6.10. The van der Waals surface area contributed by atoms with Crippen LogP contribution in [-0.2, 0) is 10.0 Å². The van der Waals surface area contributed by atoms with Crippen molar-refractivity contribution in [3.8, 4) is 10.7 Å². The molecule has 9 nitrogen and oxygen atoms in total. The Morgan fingerprint density at radius 3 is 2.45 bits per heavy atom. The number of nitrogens with one attached hydrogen (secondary N) is 2. The fourth-order valence-corrected chi connectivity index (χ4v) is 4.37. The molecule has 0 saturated heterocycles. The molecule has 29 heavy (non-hydrogen) atoms. The first-order valence-electron chi connectivity index (χ1n) is 8.42. The number of nitrogens with zero attached hydrogens (tertiary/aromatic N) is 5. The van der Waals surface area contributed by atoms with Crippen LogP contribution in [0, 0.1) is 6.92 Å². The van der Waals surface area contributed by atoms with Crippen LogP contribution in [0.15, 0.2) is 65.4 Å². The Morgan fingerprint density at radius 1 is 0.931 bits per heavy atom. The lowest BCUT2D eigenvalue weighted by Gasteiger charge is -2.11. The number of hydrogen-bond donors (Lipinski definition) is 2. The molecule has 2 N–H and O–H groups in total. The van der Waals surface area contributed by atoms with Crippen molar-refractivity contribution in [1.82, 2.24) is 24.9 Å². The van der Waals surface area contributed by atoms with Crippen molar-refractivity contribution in [2.75, 3.05) is 10.0 Å². The molecule has 4 aromatic rings. The monoisotopic (exact) mass is 425 g/mol. The largest absolute Gasteiger partial charge is 0.324 e. The molecular weight excluding hydrogens is 410 g/mol. The maximum absolute atomic E-state index is 12.6. The Morgan fingerprint density at radius 2 is 1.72 bits per heavy atom. The lowest BCUT2D eigenvalue weighted by atomic mass is 10.2. The van der Waals surface area contributed by atoms with Gasteiger partial charge in [0.2, 0.25) is 11.9 Å². The summed E-state index contributed by atoms with van der Waals surface area (Å²) in [6, 6.07) is 8.25. The average Bonchev–Trinajstić information content (AvgIpc) is 3.23. The first kappa shape index (κ1) is 18.9. The zero-order valence-electron chi connectivity index (χ0n) is 15.1. The number of anilines is 3. The van der Waals surface area contributed by atoms with Crippen molar-refractivity contribution in [2.24, 2.45) is 0 Å². The van der Waals surface area contributed by atoms with Gasteiger partial charge in [-0.3, -0.25) is 0 Å². The Labute approximate surface area is 171 Å². The van der Waals surface area contributed by atoms with Gasteiger partial charge in [0.15, 0.2) is 0 Å². The molecule has 1 aromatic carbocycles. The molecule has 0 aliphatic carbocycles. The van der Waals surface area contributed by atoms with Crippen LogP contribution in [0.2, 0.25) is 0 Å². The van der Waals surface area contributed by atoms with Gasteiger partial charge in [-0.2, -0.15) is 0 Å². The molecule has 0 fully saturated rings. The second kappa shape index (κ2) is 7.89. The minimum absolute atomic E-state index is 0.0153. The van der Waals surface area contributed by atoms with E-state index >= 15 is 0 Å². The molecular formula is C18H15N7O2S2. The highest BCUT2D eigenvalue weighted by molar-refractivity contribution is 7.92. The minimum atomic E-state index is -3.81. The van der Waals surface area contributed by atoms with Gasteiger partial charge in [0, 0.05) is 35.9 Å². The Hall–Kier alpha value is -3.44. The molecule has 0 radical (unpaired) electrons. The molecule has 0 bridgehead atoms. The summed E-state index contributed by atoms with van der Waals surface area (Å²) < 4.78 is 27.6. The van der Waals surface area contributed by atoms with Gasteiger partial charge in [-0.25, -0.2) is 38.1 Å². The number of rotatable bonds is 6. The van der Waals surface area contributed by atoms with Crippen molar-refractivity contribution >= 4 is 38.9 Å². The van der Waals surface area contributed by atoms with Crippen LogP contribution in [-0.4, -0.2) is 33.3 Å². The number of thiazole rings is 1. The highest BCUT2D eigenvalue weighted by Gasteiger charge is 2.18. The maximum atomic E-state index is 12.6. The predicted octanol–water partition coefficient (Wildman–Crippen LogP) is 3.24. The van der Waals surface area contributed by atoms with Gasteiger partial charge >= 0.3 is 0 Å². The second-order valence-electron chi connectivity index (χ2n) is 5.89. The molecule has 0 aliphatic rings. The van der Waals surface area contributed by atoms with Crippen LogP contribution in [0.3, 0.4) is 0 Å². The number of sulfonamides is 1. The van der Waals surface area contributed by atoms with Crippen LogP contribution in [0.25, 0.3) is 10.7 Å². The van der Waals surface area contributed by atoms with E-state index in [0.29, 0.717) is 22.9 Å².